The number of para-hydroxylation sites is 1. The first-order chi connectivity index (χ1) is 15.0. The molecule has 164 valence electrons. The lowest BCUT2D eigenvalue weighted by Gasteiger charge is -2.31. The first-order valence-corrected chi connectivity index (χ1v) is 12.6. The Labute approximate surface area is 190 Å². The first-order valence-electron chi connectivity index (χ1n) is 11.6. The SMILES string of the molecule is C=C(C)C1CCC(C(c2nnnn2-c2c(C)cccc2C)N2CCCC2)=CCC2SC21. The molecule has 3 heterocycles. The molecule has 2 aliphatic heterocycles. The standard InChI is InChI=1S/C25H33N5S/c1-16(2)20-12-10-19(11-13-21-24(20)31-21)23(29-14-5-6-15-29)25-26-27-28-30(25)22-17(3)8-7-9-18(22)4/h7-9,11,20-21,23-24H,1,5-6,10,12-15H2,2-4H3. The van der Waals surface area contributed by atoms with Crippen molar-refractivity contribution in [2.24, 2.45) is 5.92 Å². The Morgan fingerprint density at radius 3 is 2.65 bits per heavy atom. The summed E-state index contributed by atoms with van der Waals surface area (Å²) in [5, 5.41) is 14.8. The molecule has 1 aromatic heterocycles. The number of aryl methyl sites for hydroxylation is 2. The van der Waals surface area contributed by atoms with Gasteiger partial charge in [0.1, 0.15) is 0 Å². The summed E-state index contributed by atoms with van der Waals surface area (Å²) in [5.74, 6) is 1.60. The maximum Gasteiger partial charge on any atom is 0.177 e. The molecule has 1 aliphatic carbocycles. The lowest BCUT2D eigenvalue weighted by Crippen LogP contribution is -2.31. The van der Waals surface area contributed by atoms with Crippen LogP contribution in [0.5, 0.6) is 0 Å². The van der Waals surface area contributed by atoms with Crippen LogP contribution in [0.25, 0.3) is 5.69 Å². The Morgan fingerprint density at radius 2 is 1.94 bits per heavy atom. The molecule has 0 spiro atoms. The fourth-order valence-corrected chi connectivity index (χ4v) is 6.94. The van der Waals surface area contributed by atoms with Crippen LogP contribution in [-0.2, 0) is 0 Å². The molecule has 0 saturated carbocycles. The molecule has 31 heavy (non-hydrogen) atoms. The Bertz CT molecular complexity index is 983. The fourth-order valence-electron chi connectivity index (χ4n) is 5.56. The maximum atomic E-state index is 4.63. The molecule has 4 unspecified atom stereocenters. The van der Waals surface area contributed by atoms with Crippen LogP contribution < -0.4 is 0 Å². The predicted octanol–water partition coefficient (Wildman–Crippen LogP) is 5.20. The average molecular weight is 436 g/mol. The molecule has 4 atom stereocenters. The summed E-state index contributed by atoms with van der Waals surface area (Å²) in [5.41, 5.74) is 6.39. The van der Waals surface area contributed by atoms with Crippen LogP contribution >= 0.6 is 11.8 Å². The van der Waals surface area contributed by atoms with Crippen LogP contribution in [-0.4, -0.2) is 48.7 Å². The molecule has 6 heteroatoms. The Hall–Kier alpha value is -1.92. The summed E-state index contributed by atoms with van der Waals surface area (Å²) >= 11 is 2.15. The number of nitrogens with zero attached hydrogens (tertiary/aromatic N) is 5. The molecule has 5 rings (SSSR count). The molecule has 5 nitrogen and oxygen atoms in total. The first kappa shape index (κ1) is 21.0. The molecule has 1 aromatic carbocycles. The van der Waals surface area contributed by atoms with Crippen LogP contribution in [0, 0.1) is 19.8 Å². The number of thioether (sulfide) groups is 1. The van der Waals surface area contributed by atoms with Crippen LogP contribution in [0.15, 0.2) is 42.0 Å². The van der Waals surface area contributed by atoms with Gasteiger partial charge in [-0.15, -0.1) is 5.10 Å². The molecule has 2 aromatic rings. The highest BCUT2D eigenvalue weighted by Gasteiger charge is 2.45. The minimum Gasteiger partial charge on any atom is -0.290 e. The van der Waals surface area contributed by atoms with Crippen molar-refractivity contribution in [2.45, 2.75) is 69.4 Å². The summed E-state index contributed by atoms with van der Waals surface area (Å²) < 4.78 is 2.01. The van der Waals surface area contributed by atoms with Crippen molar-refractivity contribution in [3.63, 3.8) is 0 Å². The molecule has 0 radical (unpaired) electrons. The van der Waals surface area contributed by atoms with Crippen molar-refractivity contribution in [3.05, 3.63) is 59.0 Å². The number of likely N-dealkylation sites (tertiary alicyclic amines) is 1. The van der Waals surface area contributed by atoms with Gasteiger partial charge in [-0.3, -0.25) is 4.90 Å². The van der Waals surface area contributed by atoms with Crippen molar-refractivity contribution >= 4 is 11.8 Å². The highest BCUT2D eigenvalue weighted by Crippen LogP contribution is 2.53. The van der Waals surface area contributed by atoms with E-state index >= 15 is 0 Å². The molecule has 3 aliphatic rings. The Kier molecular flexibility index (Phi) is 5.78. The molecule has 0 N–H and O–H groups in total. The van der Waals surface area contributed by atoms with E-state index in [4.69, 9.17) is 0 Å². The third kappa shape index (κ3) is 4.00. The number of hydrogen-bond acceptors (Lipinski definition) is 5. The van der Waals surface area contributed by atoms with Crippen molar-refractivity contribution in [1.29, 1.82) is 0 Å². The van der Waals surface area contributed by atoms with Crippen molar-refractivity contribution in [3.8, 4) is 5.69 Å². The van der Waals surface area contributed by atoms with Gasteiger partial charge in [-0.05, 0) is 99.0 Å². The summed E-state index contributed by atoms with van der Waals surface area (Å²) in [6.45, 7) is 13.1. The zero-order chi connectivity index (χ0) is 21.5. The topological polar surface area (TPSA) is 46.8 Å². The van der Waals surface area contributed by atoms with E-state index in [0.29, 0.717) is 5.92 Å². The van der Waals surface area contributed by atoms with Gasteiger partial charge in [0.2, 0.25) is 0 Å². The van der Waals surface area contributed by atoms with Crippen molar-refractivity contribution in [1.82, 2.24) is 25.1 Å². The van der Waals surface area contributed by atoms with Crippen molar-refractivity contribution in [2.75, 3.05) is 13.1 Å². The monoisotopic (exact) mass is 435 g/mol. The van der Waals surface area contributed by atoms with E-state index < -0.39 is 0 Å². The van der Waals surface area contributed by atoms with Crippen LogP contribution in [0.2, 0.25) is 0 Å². The van der Waals surface area contributed by atoms with Gasteiger partial charge in [-0.1, -0.05) is 36.4 Å². The van der Waals surface area contributed by atoms with Crippen LogP contribution in [0.4, 0.5) is 0 Å². The number of tetrazole rings is 1. The van der Waals surface area contributed by atoms with Crippen LogP contribution in [0.1, 0.15) is 62.0 Å². The van der Waals surface area contributed by atoms with E-state index in [0.717, 1.165) is 47.9 Å². The van der Waals surface area contributed by atoms with Crippen LogP contribution in [0.3, 0.4) is 0 Å². The smallest absolute Gasteiger partial charge is 0.177 e. The minimum atomic E-state index is 0.155. The minimum absolute atomic E-state index is 0.155. The van der Waals surface area contributed by atoms with Gasteiger partial charge in [0.25, 0.3) is 0 Å². The number of rotatable bonds is 5. The third-order valence-electron chi connectivity index (χ3n) is 7.25. The van der Waals surface area contributed by atoms with Gasteiger partial charge in [0.05, 0.1) is 11.7 Å². The molecule has 0 bridgehead atoms. The molecule has 2 fully saturated rings. The van der Waals surface area contributed by atoms with E-state index in [1.165, 1.54) is 41.5 Å². The van der Waals surface area contributed by atoms with Gasteiger partial charge >= 0.3 is 0 Å². The predicted molar refractivity (Wildman–Crippen MR) is 128 cm³/mol. The van der Waals surface area contributed by atoms with Gasteiger partial charge in [0.15, 0.2) is 5.82 Å². The highest BCUT2D eigenvalue weighted by atomic mass is 32.2. The third-order valence-corrected chi connectivity index (χ3v) is 8.75. The number of hydrogen-bond donors (Lipinski definition) is 0. The normalized spacial score (nSPS) is 27.2. The van der Waals surface area contributed by atoms with Gasteiger partial charge in [-0.2, -0.15) is 16.4 Å². The second-order valence-corrected chi connectivity index (χ2v) is 10.9. The van der Waals surface area contributed by atoms with Gasteiger partial charge in [-0.25, -0.2) is 0 Å². The molecular weight excluding hydrogens is 402 g/mol. The number of benzene rings is 1. The lowest BCUT2D eigenvalue weighted by molar-refractivity contribution is 0.256. The zero-order valence-corrected chi connectivity index (χ0v) is 19.7. The Morgan fingerprint density at radius 1 is 1.19 bits per heavy atom. The van der Waals surface area contributed by atoms with E-state index in [9.17, 15) is 0 Å². The Balaban J connectivity index is 1.55. The van der Waals surface area contributed by atoms with Gasteiger partial charge in [0, 0.05) is 10.5 Å². The van der Waals surface area contributed by atoms with E-state index in [1.54, 1.807) is 0 Å². The number of allylic oxidation sites excluding steroid dienone is 2. The van der Waals surface area contributed by atoms with Crippen molar-refractivity contribution < 1.29 is 0 Å². The molecule has 0 amide bonds. The summed E-state index contributed by atoms with van der Waals surface area (Å²) in [4.78, 5) is 2.61. The summed E-state index contributed by atoms with van der Waals surface area (Å²) in [7, 11) is 0. The average Bonchev–Trinajstić information content (AvgIpc) is 3.10. The second kappa shape index (κ2) is 8.55. The largest absolute Gasteiger partial charge is 0.290 e. The number of aromatic nitrogens is 4. The second-order valence-electron chi connectivity index (χ2n) is 9.48. The summed E-state index contributed by atoms with van der Waals surface area (Å²) in [6, 6.07) is 6.56. The van der Waals surface area contributed by atoms with E-state index in [1.807, 2.05) is 4.68 Å². The number of fused-ring (bicyclic) bond motifs is 1. The fraction of sp³-hybridized carbons (Fsp3) is 0.560. The maximum absolute atomic E-state index is 4.63. The quantitative estimate of drug-likeness (QED) is 0.477. The zero-order valence-electron chi connectivity index (χ0n) is 18.9. The van der Waals surface area contributed by atoms with Gasteiger partial charge < -0.3 is 0 Å². The molecular formula is C25H33N5S. The van der Waals surface area contributed by atoms with E-state index in [2.05, 4.69) is 83.8 Å². The molecule has 2 saturated heterocycles. The summed E-state index contributed by atoms with van der Waals surface area (Å²) in [6.07, 6.45) is 8.48. The van der Waals surface area contributed by atoms with E-state index in [-0.39, 0.29) is 6.04 Å². The highest BCUT2D eigenvalue weighted by molar-refractivity contribution is 8.07. The lowest BCUT2D eigenvalue weighted by atomic mass is 9.84.